The van der Waals surface area contributed by atoms with Gasteiger partial charge in [-0.25, -0.2) is 0 Å². The van der Waals surface area contributed by atoms with Crippen molar-refractivity contribution in [1.29, 1.82) is 0 Å². The van der Waals surface area contributed by atoms with Crippen molar-refractivity contribution in [2.45, 2.75) is 24.8 Å². The van der Waals surface area contributed by atoms with Crippen LogP contribution in [0.5, 0.6) is 11.5 Å². The van der Waals surface area contributed by atoms with E-state index in [4.69, 9.17) is 0 Å². The molecular formula is C23H21NO3. The van der Waals surface area contributed by atoms with Crippen molar-refractivity contribution < 1.29 is 15.0 Å². The Labute approximate surface area is 158 Å². The van der Waals surface area contributed by atoms with Crippen LogP contribution in [0.4, 0.5) is 0 Å². The highest BCUT2D eigenvalue weighted by atomic mass is 16.3. The summed E-state index contributed by atoms with van der Waals surface area (Å²) in [5, 5.41) is 22.4. The van der Waals surface area contributed by atoms with Crippen LogP contribution in [-0.4, -0.2) is 22.2 Å². The lowest BCUT2D eigenvalue weighted by molar-refractivity contribution is 0.0950. The molecule has 0 heterocycles. The summed E-state index contributed by atoms with van der Waals surface area (Å²) in [4.78, 5) is 12.8. The van der Waals surface area contributed by atoms with Gasteiger partial charge in [0.15, 0.2) is 0 Å². The molecule has 0 spiro atoms. The molecule has 4 rings (SSSR count). The molecule has 1 amide bonds. The number of benzene rings is 3. The summed E-state index contributed by atoms with van der Waals surface area (Å²) < 4.78 is 0. The van der Waals surface area contributed by atoms with Gasteiger partial charge >= 0.3 is 0 Å². The Morgan fingerprint density at radius 3 is 1.85 bits per heavy atom. The molecule has 4 nitrogen and oxygen atoms in total. The summed E-state index contributed by atoms with van der Waals surface area (Å²) in [5.74, 6) is 0.147. The average molecular weight is 359 g/mol. The van der Waals surface area contributed by atoms with Crippen LogP contribution in [0.2, 0.25) is 0 Å². The molecule has 0 aliphatic heterocycles. The average Bonchev–Trinajstić information content (AvgIpc) is 3.49. The van der Waals surface area contributed by atoms with Crippen molar-refractivity contribution in [2.75, 3.05) is 0 Å². The van der Waals surface area contributed by atoms with Gasteiger partial charge in [-0.15, -0.1) is 0 Å². The van der Waals surface area contributed by atoms with Crippen LogP contribution in [0.1, 0.15) is 45.8 Å². The molecule has 0 radical (unpaired) electrons. The zero-order chi connectivity index (χ0) is 18.8. The monoisotopic (exact) mass is 359 g/mol. The smallest absolute Gasteiger partial charge is 0.251 e. The number of aromatic hydroxyl groups is 2. The van der Waals surface area contributed by atoms with Crippen LogP contribution in [0.15, 0.2) is 72.8 Å². The van der Waals surface area contributed by atoms with E-state index >= 15 is 0 Å². The van der Waals surface area contributed by atoms with Gasteiger partial charge in [0, 0.05) is 17.5 Å². The van der Waals surface area contributed by atoms with Crippen LogP contribution < -0.4 is 5.32 Å². The quantitative estimate of drug-likeness (QED) is 0.599. The third kappa shape index (κ3) is 3.80. The second-order valence-corrected chi connectivity index (χ2v) is 6.95. The van der Waals surface area contributed by atoms with Crippen LogP contribution in [0, 0.1) is 0 Å². The maximum absolute atomic E-state index is 12.8. The van der Waals surface area contributed by atoms with Gasteiger partial charge in [-0.1, -0.05) is 42.5 Å². The van der Waals surface area contributed by atoms with E-state index in [9.17, 15) is 15.0 Å². The molecule has 1 saturated carbocycles. The molecule has 0 unspecified atom stereocenters. The zero-order valence-corrected chi connectivity index (χ0v) is 14.8. The zero-order valence-electron chi connectivity index (χ0n) is 14.8. The number of hydrogen-bond donors (Lipinski definition) is 3. The molecular weight excluding hydrogens is 338 g/mol. The number of phenols is 2. The van der Waals surface area contributed by atoms with Crippen molar-refractivity contribution >= 4 is 5.91 Å². The third-order valence-electron chi connectivity index (χ3n) is 4.88. The second-order valence-electron chi connectivity index (χ2n) is 6.95. The maximum Gasteiger partial charge on any atom is 0.251 e. The van der Waals surface area contributed by atoms with Crippen molar-refractivity contribution in [3.05, 3.63) is 95.1 Å². The van der Waals surface area contributed by atoms with Crippen molar-refractivity contribution in [2.24, 2.45) is 0 Å². The van der Waals surface area contributed by atoms with Crippen LogP contribution >= 0.6 is 0 Å². The standard InChI is InChI=1S/C23H21NO3/c25-18-11-5-15(6-12-18)22(16-7-13-19(26)14-8-16)20-3-1-2-4-21(20)23(27)24-17-9-10-17/h1-8,11-14,17,22,25-26H,9-10H2,(H,24,27). The van der Waals surface area contributed by atoms with Gasteiger partial charge in [-0.05, 0) is 59.9 Å². The molecule has 3 aromatic rings. The van der Waals surface area contributed by atoms with E-state index < -0.39 is 0 Å². The number of amides is 1. The lowest BCUT2D eigenvalue weighted by Gasteiger charge is -2.22. The predicted molar refractivity (Wildman–Crippen MR) is 104 cm³/mol. The van der Waals surface area contributed by atoms with E-state index in [1.54, 1.807) is 24.3 Å². The molecule has 1 aliphatic carbocycles. The van der Waals surface area contributed by atoms with Crippen molar-refractivity contribution in [3.63, 3.8) is 0 Å². The van der Waals surface area contributed by atoms with E-state index in [0.717, 1.165) is 29.5 Å². The van der Waals surface area contributed by atoms with E-state index in [2.05, 4.69) is 5.32 Å². The Balaban J connectivity index is 1.82. The van der Waals surface area contributed by atoms with E-state index in [1.807, 2.05) is 48.5 Å². The molecule has 4 heteroatoms. The molecule has 1 fully saturated rings. The largest absolute Gasteiger partial charge is 0.508 e. The Hall–Kier alpha value is -3.27. The Kier molecular flexibility index (Phi) is 4.55. The Morgan fingerprint density at radius 1 is 0.815 bits per heavy atom. The Morgan fingerprint density at radius 2 is 1.33 bits per heavy atom. The van der Waals surface area contributed by atoms with Crippen LogP contribution in [-0.2, 0) is 0 Å². The van der Waals surface area contributed by atoms with E-state index in [-0.39, 0.29) is 29.4 Å². The molecule has 27 heavy (non-hydrogen) atoms. The van der Waals surface area contributed by atoms with Gasteiger partial charge in [0.05, 0.1) is 0 Å². The summed E-state index contributed by atoms with van der Waals surface area (Å²) in [5.41, 5.74) is 3.47. The number of hydrogen-bond acceptors (Lipinski definition) is 3. The SMILES string of the molecule is O=C(NC1CC1)c1ccccc1C(c1ccc(O)cc1)c1ccc(O)cc1. The van der Waals surface area contributed by atoms with Crippen LogP contribution in [0.3, 0.4) is 0 Å². The molecule has 0 atom stereocenters. The fraction of sp³-hybridized carbons (Fsp3) is 0.174. The fourth-order valence-corrected chi connectivity index (χ4v) is 3.33. The van der Waals surface area contributed by atoms with Gasteiger partial charge < -0.3 is 15.5 Å². The third-order valence-corrected chi connectivity index (χ3v) is 4.88. The molecule has 1 aliphatic rings. The minimum Gasteiger partial charge on any atom is -0.508 e. The first-order chi connectivity index (χ1) is 13.1. The number of carbonyl (C=O) groups is 1. The fourth-order valence-electron chi connectivity index (χ4n) is 3.33. The second kappa shape index (κ2) is 7.16. The highest BCUT2D eigenvalue weighted by Gasteiger charge is 2.27. The normalized spacial score (nSPS) is 13.5. The highest BCUT2D eigenvalue weighted by Crippen LogP contribution is 2.35. The number of rotatable bonds is 5. The molecule has 0 bridgehead atoms. The molecule has 136 valence electrons. The van der Waals surface area contributed by atoms with E-state index in [1.165, 1.54) is 0 Å². The van der Waals surface area contributed by atoms with Gasteiger partial charge in [-0.3, -0.25) is 4.79 Å². The lowest BCUT2D eigenvalue weighted by Crippen LogP contribution is -2.27. The number of carbonyl (C=O) groups excluding carboxylic acids is 1. The van der Waals surface area contributed by atoms with Crippen molar-refractivity contribution in [1.82, 2.24) is 5.32 Å². The first kappa shape index (κ1) is 17.2. The summed E-state index contributed by atoms with van der Waals surface area (Å²) in [7, 11) is 0. The van der Waals surface area contributed by atoms with E-state index in [0.29, 0.717) is 5.56 Å². The minimum atomic E-state index is -0.188. The molecule has 0 saturated heterocycles. The van der Waals surface area contributed by atoms with Gasteiger partial charge in [-0.2, -0.15) is 0 Å². The van der Waals surface area contributed by atoms with Gasteiger partial charge in [0.25, 0.3) is 5.91 Å². The summed E-state index contributed by atoms with van der Waals surface area (Å²) in [6.07, 6.45) is 2.07. The molecule has 3 aromatic carbocycles. The lowest BCUT2D eigenvalue weighted by atomic mass is 9.82. The summed E-state index contributed by atoms with van der Waals surface area (Å²) in [6.45, 7) is 0. The number of phenolic OH excluding ortho intramolecular Hbond substituents is 2. The highest BCUT2D eigenvalue weighted by molar-refractivity contribution is 5.96. The molecule has 0 aromatic heterocycles. The van der Waals surface area contributed by atoms with Gasteiger partial charge in [0.1, 0.15) is 11.5 Å². The minimum absolute atomic E-state index is 0.0596. The first-order valence-corrected chi connectivity index (χ1v) is 9.09. The van der Waals surface area contributed by atoms with Crippen LogP contribution in [0.25, 0.3) is 0 Å². The van der Waals surface area contributed by atoms with Gasteiger partial charge in [0.2, 0.25) is 0 Å². The molecule has 3 N–H and O–H groups in total. The number of nitrogens with one attached hydrogen (secondary N) is 1. The predicted octanol–water partition coefficient (Wildman–Crippen LogP) is 4.17. The Bertz CT molecular complexity index is 899. The topological polar surface area (TPSA) is 69.6 Å². The maximum atomic E-state index is 12.8. The summed E-state index contributed by atoms with van der Waals surface area (Å²) >= 11 is 0. The van der Waals surface area contributed by atoms with Crippen molar-refractivity contribution in [3.8, 4) is 11.5 Å². The summed E-state index contributed by atoms with van der Waals surface area (Å²) in [6, 6.07) is 21.9. The first-order valence-electron chi connectivity index (χ1n) is 9.09.